The zero-order chi connectivity index (χ0) is 10.6. The molecule has 1 unspecified atom stereocenters. The van der Waals surface area contributed by atoms with E-state index < -0.39 is 17.9 Å². The zero-order valence-corrected chi connectivity index (χ0v) is 7.34. The van der Waals surface area contributed by atoms with Crippen molar-refractivity contribution in [1.29, 1.82) is 0 Å². The predicted molar refractivity (Wildman–Crippen MR) is 41.9 cm³/mol. The average Bonchev–Trinajstić information content (AvgIpc) is 2.56. The van der Waals surface area contributed by atoms with Gasteiger partial charge in [-0.15, -0.1) is 10.2 Å². The first-order valence-electron chi connectivity index (χ1n) is 3.75. The second kappa shape index (κ2) is 4.30. The molecule has 1 aromatic heterocycles. The van der Waals surface area contributed by atoms with E-state index in [9.17, 15) is 9.59 Å². The summed E-state index contributed by atoms with van der Waals surface area (Å²) in [7, 11) is 0. The molecule has 0 aromatic carbocycles. The Kier molecular flexibility index (Phi) is 3.10. The number of carboxylic acid groups (broad SMARTS) is 1. The van der Waals surface area contributed by atoms with E-state index in [1.165, 1.54) is 6.92 Å². The lowest BCUT2D eigenvalue weighted by Gasteiger charge is -2.07. The lowest BCUT2D eigenvalue weighted by molar-refractivity contribution is -0.141. The van der Waals surface area contributed by atoms with E-state index in [0.29, 0.717) is 0 Å². The normalized spacial score (nSPS) is 12.1. The summed E-state index contributed by atoms with van der Waals surface area (Å²) in [4.78, 5) is 22.5. The molecular weight excluding hydrogens is 190 g/mol. The van der Waals surface area contributed by atoms with Crippen molar-refractivity contribution in [1.82, 2.24) is 25.5 Å². The van der Waals surface area contributed by atoms with Gasteiger partial charge in [-0.25, -0.2) is 0 Å². The van der Waals surface area contributed by atoms with E-state index in [4.69, 9.17) is 5.11 Å². The van der Waals surface area contributed by atoms with Crippen LogP contribution >= 0.6 is 0 Å². The van der Waals surface area contributed by atoms with Gasteiger partial charge in [0, 0.05) is 0 Å². The summed E-state index contributed by atoms with van der Waals surface area (Å²) < 4.78 is 0. The Morgan fingerprint density at radius 2 is 2.36 bits per heavy atom. The first kappa shape index (κ1) is 10.1. The molecule has 0 saturated carbocycles. The van der Waals surface area contributed by atoms with Crippen LogP contribution in [-0.2, 0) is 16.1 Å². The van der Waals surface area contributed by atoms with Crippen LogP contribution in [-0.4, -0.2) is 43.2 Å². The summed E-state index contributed by atoms with van der Waals surface area (Å²) in [5.41, 5.74) is 0. The van der Waals surface area contributed by atoms with Crippen LogP contribution in [0.1, 0.15) is 6.92 Å². The van der Waals surface area contributed by atoms with Crippen molar-refractivity contribution in [2.24, 2.45) is 0 Å². The van der Waals surface area contributed by atoms with Crippen molar-refractivity contribution in [3.8, 4) is 0 Å². The Balaban J connectivity index is 2.40. The van der Waals surface area contributed by atoms with E-state index in [0.717, 1.165) is 4.80 Å². The first-order chi connectivity index (χ1) is 6.59. The minimum atomic E-state index is -1.10. The molecule has 1 heterocycles. The summed E-state index contributed by atoms with van der Waals surface area (Å²) in [6.07, 6.45) is 2.17. The number of nitrogens with zero attached hydrogens (tertiary/aromatic N) is 4. The number of aliphatic carboxylic acids is 1. The minimum Gasteiger partial charge on any atom is -0.480 e. The summed E-state index contributed by atoms with van der Waals surface area (Å²) in [6, 6.07) is -0.935. The molecule has 0 bridgehead atoms. The molecule has 14 heavy (non-hydrogen) atoms. The van der Waals surface area contributed by atoms with E-state index in [1.807, 2.05) is 0 Å². The molecular formula is C6H8N5O3. The highest BCUT2D eigenvalue weighted by Crippen LogP contribution is 1.83. The maximum absolute atomic E-state index is 11.1. The Hall–Kier alpha value is -1.99. The van der Waals surface area contributed by atoms with Gasteiger partial charge in [-0.3, -0.25) is 9.59 Å². The lowest BCUT2D eigenvalue weighted by atomic mass is 10.3. The van der Waals surface area contributed by atoms with Crippen LogP contribution in [0.25, 0.3) is 0 Å². The molecule has 1 aromatic rings. The topological polar surface area (TPSA) is 110 Å². The highest BCUT2D eigenvalue weighted by atomic mass is 16.4. The molecule has 1 rings (SSSR count). The van der Waals surface area contributed by atoms with E-state index in [1.54, 1.807) is 0 Å². The summed E-state index contributed by atoms with van der Waals surface area (Å²) in [5, 5.41) is 20.9. The molecule has 0 spiro atoms. The monoisotopic (exact) mass is 198 g/mol. The number of aromatic nitrogens is 4. The molecule has 0 fully saturated rings. The standard InChI is InChI=1S/C6H8N5O3/c1-4(6(13)14)9-5(12)2-11-8-3-7-10-11/h4H,2H2,1H3,(H,9,12)(H,13,14). The molecule has 1 radical (unpaired) electrons. The van der Waals surface area contributed by atoms with Gasteiger partial charge in [0.2, 0.25) is 12.2 Å². The van der Waals surface area contributed by atoms with Gasteiger partial charge < -0.3 is 10.4 Å². The Bertz CT molecular complexity index is 322. The van der Waals surface area contributed by atoms with Gasteiger partial charge in [-0.1, -0.05) is 0 Å². The average molecular weight is 198 g/mol. The molecule has 0 aliphatic heterocycles. The first-order valence-corrected chi connectivity index (χ1v) is 3.75. The van der Waals surface area contributed by atoms with E-state index >= 15 is 0 Å². The van der Waals surface area contributed by atoms with Crippen LogP contribution in [0.5, 0.6) is 0 Å². The molecule has 2 N–H and O–H groups in total. The van der Waals surface area contributed by atoms with Gasteiger partial charge in [-0.05, 0) is 12.1 Å². The number of carbonyl (C=O) groups excluding carboxylic acids is 1. The molecule has 1 amide bonds. The Labute approximate surface area is 78.9 Å². The number of tetrazole rings is 1. The summed E-state index contributed by atoms with van der Waals surface area (Å²) in [5.74, 6) is -1.59. The quantitative estimate of drug-likeness (QED) is 0.582. The second-order valence-electron chi connectivity index (χ2n) is 2.55. The fourth-order valence-electron chi connectivity index (χ4n) is 0.708. The maximum Gasteiger partial charge on any atom is 0.325 e. The predicted octanol–water partition coefficient (Wildman–Crippen LogP) is -1.94. The number of rotatable bonds is 4. The third kappa shape index (κ3) is 2.81. The van der Waals surface area contributed by atoms with Crippen molar-refractivity contribution in [2.75, 3.05) is 0 Å². The highest BCUT2D eigenvalue weighted by Gasteiger charge is 2.14. The molecule has 0 aliphatic carbocycles. The van der Waals surface area contributed by atoms with Gasteiger partial charge in [0.05, 0.1) is 0 Å². The van der Waals surface area contributed by atoms with Crippen molar-refractivity contribution >= 4 is 11.9 Å². The number of hydrogen-bond donors (Lipinski definition) is 2. The van der Waals surface area contributed by atoms with Gasteiger partial charge >= 0.3 is 5.97 Å². The third-order valence-electron chi connectivity index (χ3n) is 1.39. The number of nitrogens with one attached hydrogen (secondary N) is 1. The molecule has 1 atom stereocenters. The summed E-state index contributed by atoms with van der Waals surface area (Å²) in [6.45, 7) is 1.19. The van der Waals surface area contributed by atoms with E-state index in [2.05, 4.69) is 27.1 Å². The van der Waals surface area contributed by atoms with Crippen molar-refractivity contribution < 1.29 is 14.7 Å². The van der Waals surface area contributed by atoms with Crippen LogP contribution in [0, 0.1) is 6.33 Å². The van der Waals surface area contributed by atoms with Crippen LogP contribution in [0.15, 0.2) is 0 Å². The smallest absolute Gasteiger partial charge is 0.325 e. The zero-order valence-electron chi connectivity index (χ0n) is 7.34. The van der Waals surface area contributed by atoms with Gasteiger partial charge in [0.1, 0.15) is 12.6 Å². The molecule has 0 saturated heterocycles. The van der Waals surface area contributed by atoms with Crippen molar-refractivity contribution in [3.05, 3.63) is 6.33 Å². The van der Waals surface area contributed by atoms with Crippen LogP contribution in [0.4, 0.5) is 0 Å². The lowest BCUT2D eigenvalue weighted by Crippen LogP contribution is -2.40. The maximum atomic E-state index is 11.1. The number of amides is 1. The SMILES string of the molecule is CC(NC(=O)Cn1n[c]nn1)C(=O)O. The number of hydrogen-bond acceptors (Lipinski definition) is 5. The van der Waals surface area contributed by atoms with Crippen molar-refractivity contribution in [3.63, 3.8) is 0 Å². The fraction of sp³-hybridized carbons (Fsp3) is 0.500. The van der Waals surface area contributed by atoms with E-state index in [-0.39, 0.29) is 6.54 Å². The molecule has 75 valence electrons. The summed E-state index contributed by atoms with van der Waals surface area (Å²) >= 11 is 0. The van der Waals surface area contributed by atoms with Gasteiger partial charge in [-0.2, -0.15) is 4.80 Å². The number of carboxylic acids is 1. The fourth-order valence-corrected chi connectivity index (χ4v) is 0.708. The largest absolute Gasteiger partial charge is 0.480 e. The second-order valence-corrected chi connectivity index (χ2v) is 2.55. The molecule has 8 heteroatoms. The number of carbonyl (C=O) groups is 2. The minimum absolute atomic E-state index is 0.173. The Morgan fingerprint density at radius 1 is 1.64 bits per heavy atom. The van der Waals surface area contributed by atoms with Crippen LogP contribution < -0.4 is 5.32 Å². The highest BCUT2D eigenvalue weighted by molar-refractivity contribution is 5.82. The molecule has 8 nitrogen and oxygen atoms in total. The van der Waals surface area contributed by atoms with Crippen LogP contribution in [0.3, 0.4) is 0 Å². The third-order valence-corrected chi connectivity index (χ3v) is 1.39. The molecule has 0 aliphatic rings. The van der Waals surface area contributed by atoms with Gasteiger partial charge in [0.25, 0.3) is 0 Å². The van der Waals surface area contributed by atoms with Gasteiger partial charge in [0.15, 0.2) is 0 Å². The Morgan fingerprint density at radius 3 is 2.86 bits per heavy atom. The van der Waals surface area contributed by atoms with Crippen LogP contribution in [0.2, 0.25) is 0 Å². The van der Waals surface area contributed by atoms with Crippen molar-refractivity contribution in [2.45, 2.75) is 19.5 Å².